The zero-order valence-corrected chi connectivity index (χ0v) is 10.00. The average molecular weight is 266 g/mol. The topological polar surface area (TPSA) is 40.4 Å². The molecule has 0 fully saturated rings. The first-order chi connectivity index (χ1) is 5.72. The zero-order chi connectivity index (χ0) is 8.97. The molecule has 0 radical (unpaired) electrons. The zero-order valence-electron chi connectivity index (χ0n) is 7.59. The monoisotopic (exact) mass is 265 g/mol. The molecule has 0 aliphatic carbocycles. The number of esters is 1. The van der Waals surface area contributed by atoms with Gasteiger partial charge in [-0.3, -0.25) is 4.79 Å². The van der Waals surface area contributed by atoms with E-state index in [0.29, 0.717) is 13.0 Å². The number of halogens is 1. The Morgan fingerprint density at radius 3 is 2.85 bits per heavy atom. The number of rotatable bonds is 3. The minimum atomic E-state index is -0.171. The van der Waals surface area contributed by atoms with Gasteiger partial charge in [0.2, 0.25) is 5.01 Å². The quantitative estimate of drug-likeness (QED) is 0.593. The van der Waals surface area contributed by atoms with Crippen LogP contribution in [0.25, 0.3) is 0 Å². The predicted molar refractivity (Wildman–Crippen MR) is 45.9 cm³/mol. The summed E-state index contributed by atoms with van der Waals surface area (Å²) in [6, 6.07) is 0. The molecule has 1 aromatic heterocycles. The number of H-pyrrole nitrogens is 1. The molecular formula is C8H12BrNO2S. The largest absolute Gasteiger partial charge is 1.00 e. The molecule has 74 valence electrons. The van der Waals surface area contributed by atoms with E-state index in [0.717, 1.165) is 10.7 Å². The lowest BCUT2D eigenvalue weighted by atomic mass is 10.4. The second kappa shape index (κ2) is 6.10. The molecule has 0 amide bonds. The highest BCUT2D eigenvalue weighted by Gasteiger charge is 2.12. The number of hydrogen-bond acceptors (Lipinski definition) is 3. The Kier molecular flexibility index (Phi) is 5.90. The molecule has 1 N–H and O–H groups in total. The Balaban J connectivity index is 0.00000144. The highest BCUT2D eigenvalue weighted by Crippen LogP contribution is 2.04. The van der Waals surface area contributed by atoms with E-state index >= 15 is 0 Å². The van der Waals surface area contributed by atoms with Crippen LogP contribution in [-0.4, -0.2) is 12.6 Å². The van der Waals surface area contributed by atoms with E-state index < -0.39 is 0 Å². The molecule has 0 saturated carbocycles. The van der Waals surface area contributed by atoms with Crippen LogP contribution in [0.4, 0.5) is 0 Å². The second-order valence-corrected chi connectivity index (χ2v) is 3.41. The van der Waals surface area contributed by atoms with Crippen molar-refractivity contribution in [2.75, 3.05) is 6.61 Å². The minimum absolute atomic E-state index is 0. The Bertz CT molecular complexity index is 275. The van der Waals surface area contributed by atoms with E-state index in [-0.39, 0.29) is 23.0 Å². The lowest BCUT2D eigenvalue weighted by Crippen LogP contribution is -3.00. The number of carbonyl (C=O) groups is 1. The van der Waals surface area contributed by atoms with Crippen LogP contribution in [0.1, 0.15) is 17.6 Å². The Morgan fingerprint density at radius 1 is 1.69 bits per heavy atom. The Hall–Kier alpha value is -0.420. The molecule has 0 atom stereocenters. The first-order valence-electron chi connectivity index (χ1n) is 3.84. The number of aromatic amines is 1. The molecule has 0 aliphatic rings. The van der Waals surface area contributed by atoms with Gasteiger partial charge in [-0.05, 0) is 6.92 Å². The van der Waals surface area contributed by atoms with Crippen LogP contribution >= 0.6 is 11.3 Å². The van der Waals surface area contributed by atoms with Crippen molar-refractivity contribution < 1.29 is 31.5 Å². The van der Waals surface area contributed by atoms with E-state index in [1.54, 1.807) is 18.3 Å². The predicted octanol–water partition coefficient (Wildman–Crippen LogP) is -2.02. The van der Waals surface area contributed by atoms with Gasteiger partial charge in [0.15, 0.2) is 5.69 Å². The number of thiazole rings is 1. The highest BCUT2D eigenvalue weighted by atomic mass is 79.9. The van der Waals surface area contributed by atoms with Crippen LogP contribution in [-0.2, 0) is 16.0 Å². The lowest BCUT2D eigenvalue weighted by Gasteiger charge is -1.95. The van der Waals surface area contributed by atoms with E-state index in [2.05, 4.69) is 4.98 Å². The first kappa shape index (κ1) is 12.6. The molecule has 0 unspecified atom stereocenters. The van der Waals surface area contributed by atoms with Crippen molar-refractivity contribution in [3.63, 3.8) is 0 Å². The third-order valence-electron chi connectivity index (χ3n) is 1.32. The molecular weight excluding hydrogens is 254 g/mol. The summed E-state index contributed by atoms with van der Waals surface area (Å²) in [6.07, 6.45) is 0.354. The van der Waals surface area contributed by atoms with Crippen molar-refractivity contribution in [1.29, 1.82) is 0 Å². The van der Waals surface area contributed by atoms with Gasteiger partial charge < -0.3 is 21.7 Å². The number of nitrogens with one attached hydrogen (secondary N) is 1. The summed E-state index contributed by atoms with van der Waals surface area (Å²) >= 11 is 1.55. The summed E-state index contributed by atoms with van der Waals surface area (Å²) in [4.78, 5) is 14.1. The van der Waals surface area contributed by atoms with Crippen LogP contribution < -0.4 is 22.0 Å². The Labute approximate surface area is 91.9 Å². The number of carbonyl (C=O) groups excluding carboxylic acids is 1. The van der Waals surface area contributed by atoms with Crippen molar-refractivity contribution in [3.8, 4) is 0 Å². The van der Waals surface area contributed by atoms with Gasteiger partial charge >= 0.3 is 5.97 Å². The fourth-order valence-electron chi connectivity index (χ4n) is 0.867. The van der Waals surface area contributed by atoms with Crippen molar-refractivity contribution in [1.82, 2.24) is 0 Å². The van der Waals surface area contributed by atoms with Crippen LogP contribution in [0.3, 0.4) is 0 Å². The number of aryl methyl sites for hydroxylation is 1. The molecule has 0 aromatic carbocycles. The van der Waals surface area contributed by atoms with Gasteiger partial charge in [-0.25, -0.2) is 4.98 Å². The van der Waals surface area contributed by atoms with Crippen LogP contribution in [0.2, 0.25) is 0 Å². The van der Waals surface area contributed by atoms with E-state index in [4.69, 9.17) is 4.74 Å². The number of hydrogen-bond donors (Lipinski definition) is 0. The van der Waals surface area contributed by atoms with Crippen molar-refractivity contribution in [2.45, 2.75) is 20.3 Å². The second-order valence-electron chi connectivity index (χ2n) is 2.45. The maximum atomic E-state index is 11.0. The summed E-state index contributed by atoms with van der Waals surface area (Å²) in [5, 5.41) is 2.93. The molecule has 3 nitrogen and oxygen atoms in total. The molecule has 1 rings (SSSR count). The van der Waals surface area contributed by atoms with Gasteiger partial charge in [0.05, 0.1) is 12.0 Å². The number of ether oxygens (including phenoxy) is 1. The molecule has 0 bridgehead atoms. The SMILES string of the molecule is CCOC(=O)Cc1[nH+]c(C)cs1.[Br-]. The van der Waals surface area contributed by atoms with Gasteiger partial charge in [-0.2, -0.15) is 0 Å². The van der Waals surface area contributed by atoms with Gasteiger partial charge in [0, 0.05) is 6.92 Å². The van der Waals surface area contributed by atoms with Gasteiger partial charge in [0.1, 0.15) is 6.42 Å². The Morgan fingerprint density at radius 2 is 2.38 bits per heavy atom. The third-order valence-corrected chi connectivity index (χ3v) is 2.33. The lowest BCUT2D eigenvalue weighted by molar-refractivity contribution is -0.390. The molecule has 1 heterocycles. The summed E-state index contributed by atoms with van der Waals surface area (Å²) in [7, 11) is 0. The van der Waals surface area contributed by atoms with E-state index in [1.807, 2.05) is 12.3 Å². The maximum Gasteiger partial charge on any atom is 0.317 e. The van der Waals surface area contributed by atoms with Crippen molar-refractivity contribution in [3.05, 3.63) is 16.1 Å². The van der Waals surface area contributed by atoms with Gasteiger partial charge in [-0.15, -0.1) is 0 Å². The summed E-state index contributed by atoms with van der Waals surface area (Å²) in [5.41, 5.74) is 1.08. The summed E-state index contributed by atoms with van der Waals surface area (Å²) in [5.74, 6) is -0.171. The molecule has 1 aromatic rings. The highest BCUT2D eigenvalue weighted by molar-refractivity contribution is 7.09. The molecule has 0 aliphatic heterocycles. The molecule has 13 heavy (non-hydrogen) atoms. The standard InChI is InChI=1S/C8H11NO2S.BrH/c1-3-11-8(10)4-7-9-6(2)5-12-7;/h5H,3-4H2,1-2H3;1H. The van der Waals surface area contributed by atoms with Crippen molar-refractivity contribution >= 4 is 17.3 Å². The maximum absolute atomic E-state index is 11.0. The normalized spacial score (nSPS) is 9.08. The van der Waals surface area contributed by atoms with Crippen molar-refractivity contribution in [2.24, 2.45) is 0 Å². The fourth-order valence-corrected chi connectivity index (χ4v) is 1.67. The van der Waals surface area contributed by atoms with Gasteiger partial charge in [0.25, 0.3) is 0 Å². The van der Waals surface area contributed by atoms with E-state index in [9.17, 15) is 4.79 Å². The smallest absolute Gasteiger partial charge is 0.317 e. The number of aromatic nitrogens is 1. The average Bonchev–Trinajstić information content (AvgIpc) is 2.36. The van der Waals surface area contributed by atoms with E-state index in [1.165, 1.54) is 0 Å². The summed E-state index contributed by atoms with van der Waals surface area (Å²) in [6.45, 7) is 4.22. The first-order valence-corrected chi connectivity index (χ1v) is 4.72. The van der Waals surface area contributed by atoms with Crippen LogP contribution in [0, 0.1) is 6.92 Å². The summed E-state index contributed by atoms with van der Waals surface area (Å²) < 4.78 is 4.80. The third kappa shape index (κ3) is 4.38. The molecule has 5 heteroatoms. The molecule has 0 saturated heterocycles. The van der Waals surface area contributed by atoms with Gasteiger partial charge in [-0.1, -0.05) is 11.3 Å². The fraction of sp³-hybridized carbons (Fsp3) is 0.500. The van der Waals surface area contributed by atoms with Crippen LogP contribution in [0.5, 0.6) is 0 Å². The molecule has 0 spiro atoms. The minimum Gasteiger partial charge on any atom is -1.00 e. The van der Waals surface area contributed by atoms with Crippen LogP contribution in [0.15, 0.2) is 5.38 Å².